The quantitative estimate of drug-likeness (QED) is 0.720. The molecule has 1 nitrogen and oxygen atoms in total. The van der Waals surface area contributed by atoms with Gasteiger partial charge in [-0.1, -0.05) is 25.5 Å². The highest BCUT2D eigenvalue weighted by atomic mass is 16.3. The molecule has 0 heterocycles. The number of hydrogen-bond donors (Lipinski definition) is 1. The molecule has 1 aromatic rings. The van der Waals surface area contributed by atoms with Crippen molar-refractivity contribution < 1.29 is 5.11 Å². The molecule has 100 valence electrons. The maximum absolute atomic E-state index is 9.66. The van der Waals surface area contributed by atoms with Crippen molar-refractivity contribution in [3.63, 3.8) is 0 Å². The molecule has 3 atom stereocenters. The molecule has 0 radical (unpaired) electrons. The van der Waals surface area contributed by atoms with Crippen LogP contribution in [-0.2, 0) is 6.42 Å². The Kier molecular flexibility index (Phi) is 2.36. The third-order valence-electron chi connectivity index (χ3n) is 5.96. The number of hydrogen-bond acceptors (Lipinski definition) is 1. The van der Waals surface area contributed by atoms with Gasteiger partial charge in [0, 0.05) is 0 Å². The third-order valence-corrected chi connectivity index (χ3v) is 5.96. The fourth-order valence-corrected chi connectivity index (χ4v) is 4.96. The minimum Gasteiger partial charge on any atom is -0.508 e. The van der Waals surface area contributed by atoms with Crippen LogP contribution in [0.25, 0.3) is 5.57 Å². The molecule has 0 saturated heterocycles. The topological polar surface area (TPSA) is 20.2 Å². The Morgan fingerprint density at radius 2 is 2.16 bits per heavy atom. The van der Waals surface area contributed by atoms with E-state index < -0.39 is 0 Å². The monoisotopic (exact) mass is 254 g/mol. The first-order chi connectivity index (χ1) is 9.17. The lowest BCUT2D eigenvalue weighted by Crippen LogP contribution is -2.34. The summed E-state index contributed by atoms with van der Waals surface area (Å²) in [7, 11) is 0. The van der Waals surface area contributed by atoms with Crippen LogP contribution >= 0.6 is 0 Å². The van der Waals surface area contributed by atoms with Crippen molar-refractivity contribution in [2.24, 2.45) is 17.3 Å². The number of phenolic OH excluding ortho intramolecular Hbond substituents is 1. The molecule has 19 heavy (non-hydrogen) atoms. The van der Waals surface area contributed by atoms with Gasteiger partial charge in [-0.25, -0.2) is 0 Å². The van der Waals surface area contributed by atoms with Gasteiger partial charge in [0.2, 0.25) is 0 Å². The molecular weight excluding hydrogens is 232 g/mol. The Balaban J connectivity index is 1.80. The summed E-state index contributed by atoms with van der Waals surface area (Å²) in [5.74, 6) is 2.09. The van der Waals surface area contributed by atoms with Gasteiger partial charge in [-0.2, -0.15) is 0 Å². The van der Waals surface area contributed by atoms with Gasteiger partial charge in [0.1, 0.15) is 5.75 Å². The molecule has 0 amide bonds. The fourth-order valence-electron chi connectivity index (χ4n) is 4.96. The van der Waals surface area contributed by atoms with Crippen molar-refractivity contribution in [2.45, 2.75) is 45.4 Å². The van der Waals surface area contributed by atoms with Gasteiger partial charge in [-0.05, 0) is 78.2 Å². The first-order valence-corrected chi connectivity index (χ1v) is 7.70. The molecule has 1 fully saturated rings. The highest BCUT2D eigenvalue weighted by molar-refractivity contribution is 5.73. The number of allylic oxidation sites excluding steroid dienone is 2. The van der Waals surface area contributed by atoms with E-state index in [9.17, 15) is 5.11 Å². The Morgan fingerprint density at radius 1 is 1.26 bits per heavy atom. The lowest BCUT2D eigenvalue weighted by molar-refractivity contribution is 0.168. The summed E-state index contributed by atoms with van der Waals surface area (Å²) in [4.78, 5) is 0. The largest absolute Gasteiger partial charge is 0.508 e. The molecule has 4 rings (SSSR count). The fraction of sp³-hybridized carbons (Fsp3) is 0.556. The number of aryl methyl sites for hydroxylation is 1. The van der Waals surface area contributed by atoms with Crippen molar-refractivity contribution in [1.82, 2.24) is 0 Å². The minimum absolute atomic E-state index is 0.416. The van der Waals surface area contributed by atoms with Crippen LogP contribution in [0.4, 0.5) is 0 Å². The number of aromatic hydroxyl groups is 1. The second-order valence-electron chi connectivity index (χ2n) is 7.00. The van der Waals surface area contributed by atoms with Crippen LogP contribution in [-0.4, -0.2) is 5.11 Å². The molecule has 0 unspecified atom stereocenters. The van der Waals surface area contributed by atoms with Gasteiger partial charge in [0.05, 0.1) is 0 Å². The Morgan fingerprint density at radius 3 is 3.05 bits per heavy atom. The number of phenols is 1. The van der Waals surface area contributed by atoms with E-state index in [1.54, 1.807) is 5.57 Å². The molecule has 0 spiro atoms. The second-order valence-corrected chi connectivity index (χ2v) is 7.00. The summed E-state index contributed by atoms with van der Waals surface area (Å²) in [5.41, 5.74) is 4.93. The van der Waals surface area contributed by atoms with Crippen molar-refractivity contribution >= 4 is 5.57 Å². The van der Waals surface area contributed by atoms with Crippen LogP contribution in [0.5, 0.6) is 5.75 Å². The first-order valence-electron chi connectivity index (χ1n) is 7.70. The lowest BCUT2D eigenvalue weighted by Gasteiger charge is -2.44. The highest BCUT2D eigenvalue weighted by Gasteiger charge is 2.46. The summed E-state index contributed by atoms with van der Waals surface area (Å²) >= 11 is 0. The average molecular weight is 254 g/mol. The summed E-state index contributed by atoms with van der Waals surface area (Å²) in [6.45, 7) is 2.50. The van der Waals surface area contributed by atoms with Gasteiger partial charge in [0.25, 0.3) is 0 Å². The zero-order valence-electron chi connectivity index (χ0n) is 11.7. The Hall–Kier alpha value is -1.24. The van der Waals surface area contributed by atoms with E-state index >= 15 is 0 Å². The molecule has 3 aliphatic carbocycles. The van der Waals surface area contributed by atoms with Crippen LogP contribution in [0.1, 0.15) is 50.2 Å². The average Bonchev–Trinajstić information content (AvgIpc) is 2.79. The number of rotatable bonds is 0. The van der Waals surface area contributed by atoms with Crippen LogP contribution in [0.15, 0.2) is 24.3 Å². The van der Waals surface area contributed by atoms with Crippen LogP contribution in [0.3, 0.4) is 0 Å². The third kappa shape index (κ3) is 1.60. The predicted molar refractivity (Wildman–Crippen MR) is 78.0 cm³/mol. The van der Waals surface area contributed by atoms with E-state index in [0.29, 0.717) is 11.2 Å². The Labute approximate surface area is 115 Å². The second kappa shape index (κ2) is 3.88. The lowest BCUT2D eigenvalue weighted by atomic mass is 9.60. The van der Waals surface area contributed by atoms with E-state index in [1.807, 2.05) is 12.1 Å². The predicted octanol–water partition coefficient (Wildman–Crippen LogP) is 4.55. The highest BCUT2D eigenvalue weighted by Crippen LogP contribution is 2.58. The SMILES string of the molecule is C[C@]12CC=C3c4ccc(O)cc4CC[C@H]3[C@@H]1CCC2. The normalized spacial score (nSPS) is 36.2. The maximum Gasteiger partial charge on any atom is 0.115 e. The van der Waals surface area contributed by atoms with E-state index in [2.05, 4.69) is 19.1 Å². The van der Waals surface area contributed by atoms with E-state index in [-0.39, 0.29) is 0 Å². The molecule has 0 aromatic heterocycles. The van der Waals surface area contributed by atoms with E-state index in [0.717, 1.165) is 18.3 Å². The summed E-state index contributed by atoms with van der Waals surface area (Å²) in [5, 5.41) is 9.66. The minimum atomic E-state index is 0.416. The smallest absolute Gasteiger partial charge is 0.115 e. The van der Waals surface area contributed by atoms with Crippen molar-refractivity contribution in [2.75, 3.05) is 0 Å². The summed E-state index contributed by atoms with van der Waals surface area (Å²) in [6.07, 6.45) is 10.4. The zero-order chi connectivity index (χ0) is 13.0. The van der Waals surface area contributed by atoms with Crippen molar-refractivity contribution in [1.29, 1.82) is 0 Å². The molecule has 3 aliphatic rings. The molecule has 1 heteroatoms. The molecule has 1 N–H and O–H groups in total. The van der Waals surface area contributed by atoms with Gasteiger partial charge in [-0.15, -0.1) is 0 Å². The Bertz CT molecular complexity index is 557. The first kappa shape index (κ1) is 11.6. The van der Waals surface area contributed by atoms with Crippen LogP contribution < -0.4 is 0 Å². The van der Waals surface area contributed by atoms with Crippen LogP contribution in [0, 0.1) is 17.3 Å². The summed E-state index contributed by atoms with van der Waals surface area (Å²) < 4.78 is 0. The maximum atomic E-state index is 9.66. The van der Waals surface area contributed by atoms with Gasteiger partial charge in [0.15, 0.2) is 0 Å². The molecule has 0 bridgehead atoms. The van der Waals surface area contributed by atoms with Crippen molar-refractivity contribution in [3.8, 4) is 5.75 Å². The van der Waals surface area contributed by atoms with E-state index in [1.165, 1.54) is 43.2 Å². The van der Waals surface area contributed by atoms with Gasteiger partial charge < -0.3 is 5.11 Å². The molecule has 1 aromatic carbocycles. The van der Waals surface area contributed by atoms with Gasteiger partial charge >= 0.3 is 0 Å². The van der Waals surface area contributed by atoms with E-state index in [4.69, 9.17) is 0 Å². The number of benzene rings is 1. The van der Waals surface area contributed by atoms with Crippen LogP contribution in [0.2, 0.25) is 0 Å². The molecule has 1 saturated carbocycles. The number of fused-ring (bicyclic) bond motifs is 5. The van der Waals surface area contributed by atoms with Gasteiger partial charge in [-0.3, -0.25) is 0 Å². The molecular formula is C18H22O. The zero-order valence-corrected chi connectivity index (χ0v) is 11.7. The van der Waals surface area contributed by atoms with Crippen molar-refractivity contribution in [3.05, 3.63) is 35.4 Å². The standard InChI is InChI=1S/C18H22O/c1-18-9-2-3-17(18)16-6-4-12-11-13(19)5-7-14(12)15(16)8-10-18/h5,7-8,11,16-17,19H,2-4,6,9-10H2,1H3/t16-,17+,18+/m1/s1. The summed E-state index contributed by atoms with van der Waals surface area (Å²) in [6, 6.07) is 5.96. The molecule has 0 aliphatic heterocycles.